The number of hydrogen-bond acceptors (Lipinski definition) is 5. The Morgan fingerprint density at radius 2 is 1.44 bits per heavy atom. The first kappa shape index (κ1) is 14.4. The van der Waals surface area contributed by atoms with Gasteiger partial charge in [-0.15, -0.1) is 0 Å². The van der Waals surface area contributed by atoms with Crippen LogP contribution < -0.4 is 0 Å². The van der Waals surface area contributed by atoms with E-state index in [0.29, 0.717) is 0 Å². The normalized spacial score (nSPS) is 11.2. The average molecular weight is 228 g/mol. The molecule has 0 atom stereocenters. The summed E-state index contributed by atoms with van der Waals surface area (Å²) in [6.45, 7) is 3.92. The van der Waals surface area contributed by atoms with Gasteiger partial charge in [-0.1, -0.05) is 0 Å². The van der Waals surface area contributed by atoms with Gasteiger partial charge in [-0.2, -0.15) is 0 Å². The monoisotopic (exact) mass is 228 g/mol. The van der Waals surface area contributed by atoms with Gasteiger partial charge in [0, 0.05) is 12.2 Å². The Morgan fingerprint density at radius 1 is 1.06 bits per heavy atom. The summed E-state index contributed by atoms with van der Waals surface area (Å²) in [4.78, 5) is 21.7. The molecule has 0 aromatic rings. The Balaban J connectivity index is 4.02. The van der Waals surface area contributed by atoms with E-state index in [1.807, 2.05) is 0 Å². The molecule has 0 saturated carbocycles. The minimum absolute atomic E-state index is 0.276. The zero-order chi connectivity index (χ0) is 12.4. The summed E-state index contributed by atoms with van der Waals surface area (Å²) in [7, 11) is 0. The topological polar surface area (TPSA) is 72.8 Å². The van der Waals surface area contributed by atoms with Crippen LogP contribution in [-0.2, 0) is 19.1 Å². The maximum absolute atomic E-state index is 10.9. The molecule has 0 aromatic carbocycles. The summed E-state index contributed by atoms with van der Waals surface area (Å²) in [6.07, 6.45) is 3.61. The summed E-state index contributed by atoms with van der Waals surface area (Å²) in [6, 6.07) is 0. The second kappa shape index (κ2) is 8.67. The van der Waals surface area contributed by atoms with E-state index in [9.17, 15) is 14.7 Å². The molecule has 0 radical (unpaired) electrons. The fraction of sp³-hybridized carbons (Fsp3) is 0.455. The molecule has 16 heavy (non-hydrogen) atoms. The van der Waals surface area contributed by atoms with Crippen molar-refractivity contribution in [2.24, 2.45) is 0 Å². The van der Waals surface area contributed by atoms with E-state index < -0.39 is 18.0 Å². The molecule has 0 aromatic heterocycles. The van der Waals surface area contributed by atoms with Crippen molar-refractivity contribution in [3.8, 4) is 0 Å². The quantitative estimate of drug-likeness (QED) is 0.532. The molecule has 0 rings (SSSR count). The lowest BCUT2D eigenvalue weighted by molar-refractivity contribution is -0.138. The van der Waals surface area contributed by atoms with Crippen molar-refractivity contribution in [1.82, 2.24) is 0 Å². The van der Waals surface area contributed by atoms with Crippen molar-refractivity contribution in [3.05, 3.63) is 24.3 Å². The smallest absolute Gasteiger partial charge is 0.330 e. The minimum atomic E-state index is -1.02. The summed E-state index contributed by atoms with van der Waals surface area (Å²) in [5.41, 5.74) is 0. The molecule has 0 saturated heterocycles. The standard InChI is InChI=1S/C11H16O5/c1-3-15-10(13)7-5-9(12)6-8-11(14)16-4-2/h5-9,12H,3-4H2,1-2H3/b7-5+,8-6+. The molecule has 0 amide bonds. The number of carbonyl (C=O) groups is 2. The van der Waals surface area contributed by atoms with Crippen LogP contribution in [0, 0.1) is 0 Å². The van der Waals surface area contributed by atoms with Crippen molar-refractivity contribution >= 4 is 11.9 Å². The number of rotatable bonds is 6. The number of aliphatic hydroxyl groups is 1. The van der Waals surface area contributed by atoms with Crippen molar-refractivity contribution < 1.29 is 24.2 Å². The van der Waals surface area contributed by atoms with Gasteiger partial charge in [-0.3, -0.25) is 0 Å². The van der Waals surface area contributed by atoms with Gasteiger partial charge in [-0.05, 0) is 26.0 Å². The maximum Gasteiger partial charge on any atom is 0.330 e. The molecule has 90 valence electrons. The molecular formula is C11H16O5. The van der Waals surface area contributed by atoms with Crippen LogP contribution in [0.2, 0.25) is 0 Å². The van der Waals surface area contributed by atoms with E-state index in [2.05, 4.69) is 9.47 Å². The summed E-state index contributed by atoms with van der Waals surface area (Å²) in [5.74, 6) is -1.07. The van der Waals surface area contributed by atoms with Crippen molar-refractivity contribution in [2.75, 3.05) is 13.2 Å². The van der Waals surface area contributed by atoms with Crippen LogP contribution in [0.5, 0.6) is 0 Å². The molecule has 0 aliphatic rings. The zero-order valence-corrected chi connectivity index (χ0v) is 9.38. The molecule has 0 bridgehead atoms. The molecule has 1 N–H and O–H groups in total. The average Bonchev–Trinajstić information content (AvgIpc) is 2.24. The van der Waals surface area contributed by atoms with Gasteiger partial charge in [0.15, 0.2) is 0 Å². The Labute approximate surface area is 94.4 Å². The van der Waals surface area contributed by atoms with Gasteiger partial charge in [0.05, 0.1) is 19.3 Å². The van der Waals surface area contributed by atoms with Crippen LogP contribution in [-0.4, -0.2) is 36.4 Å². The van der Waals surface area contributed by atoms with E-state index in [1.165, 1.54) is 12.2 Å². The third-order valence-electron chi connectivity index (χ3n) is 1.43. The Morgan fingerprint density at radius 3 is 1.75 bits per heavy atom. The molecule has 5 heteroatoms. The molecule has 0 fully saturated rings. The van der Waals surface area contributed by atoms with E-state index >= 15 is 0 Å². The van der Waals surface area contributed by atoms with Gasteiger partial charge >= 0.3 is 11.9 Å². The fourth-order valence-corrected chi connectivity index (χ4v) is 0.799. The maximum atomic E-state index is 10.9. The molecule has 5 nitrogen and oxygen atoms in total. The predicted octanol–water partition coefficient (Wildman–Crippen LogP) is 0.586. The van der Waals surface area contributed by atoms with Gasteiger partial charge in [-0.25, -0.2) is 9.59 Å². The first-order chi connectivity index (χ1) is 7.60. The van der Waals surface area contributed by atoms with E-state index in [1.54, 1.807) is 13.8 Å². The van der Waals surface area contributed by atoms with Gasteiger partial charge < -0.3 is 14.6 Å². The van der Waals surface area contributed by atoms with Gasteiger partial charge in [0.1, 0.15) is 0 Å². The van der Waals surface area contributed by atoms with E-state index in [0.717, 1.165) is 12.2 Å². The highest BCUT2D eigenvalue weighted by Gasteiger charge is 1.99. The SMILES string of the molecule is CCOC(=O)/C=C/C(O)/C=C/C(=O)OCC. The molecule has 0 aliphatic heterocycles. The highest BCUT2D eigenvalue weighted by atomic mass is 16.5. The lowest BCUT2D eigenvalue weighted by atomic mass is 10.3. The molecular weight excluding hydrogens is 212 g/mol. The highest BCUT2D eigenvalue weighted by molar-refractivity contribution is 5.83. The Hall–Kier alpha value is -1.62. The third kappa shape index (κ3) is 7.75. The van der Waals surface area contributed by atoms with Crippen molar-refractivity contribution in [1.29, 1.82) is 0 Å². The summed E-state index contributed by atoms with van der Waals surface area (Å²) in [5, 5.41) is 9.29. The predicted molar refractivity (Wildman–Crippen MR) is 57.6 cm³/mol. The lowest BCUT2D eigenvalue weighted by Crippen LogP contribution is -2.05. The number of esters is 2. The fourth-order valence-electron chi connectivity index (χ4n) is 0.799. The molecule has 0 heterocycles. The molecule has 0 aliphatic carbocycles. The minimum Gasteiger partial charge on any atom is -0.463 e. The molecule has 0 spiro atoms. The van der Waals surface area contributed by atoms with Gasteiger partial charge in [0.2, 0.25) is 0 Å². The number of aliphatic hydroxyl groups excluding tert-OH is 1. The van der Waals surface area contributed by atoms with Gasteiger partial charge in [0.25, 0.3) is 0 Å². The van der Waals surface area contributed by atoms with Crippen LogP contribution in [0.3, 0.4) is 0 Å². The largest absolute Gasteiger partial charge is 0.463 e. The number of ether oxygens (including phenoxy) is 2. The Kier molecular flexibility index (Phi) is 7.79. The molecule has 0 unspecified atom stereocenters. The van der Waals surface area contributed by atoms with Crippen LogP contribution >= 0.6 is 0 Å². The number of carbonyl (C=O) groups excluding carboxylic acids is 2. The van der Waals surface area contributed by atoms with E-state index in [4.69, 9.17) is 0 Å². The first-order valence-electron chi connectivity index (χ1n) is 4.98. The Bertz CT molecular complexity index is 252. The van der Waals surface area contributed by atoms with Crippen molar-refractivity contribution in [2.45, 2.75) is 20.0 Å². The van der Waals surface area contributed by atoms with Crippen molar-refractivity contribution in [3.63, 3.8) is 0 Å². The lowest BCUT2D eigenvalue weighted by Gasteiger charge is -1.98. The van der Waals surface area contributed by atoms with Crippen LogP contribution in [0.4, 0.5) is 0 Å². The summed E-state index contributed by atoms with van der Waals surface area (Å²) >= 11 is 0. The highest BCUT2D eigenvalue weighted by Crippen LogP contribution is 1.92. The van der Waals surface area contributed by atoms with Crippen LogP contribution in [0.25, 0.3) is 0 Å². The van der Waals surface area contributed by atoms with E-state index in [-0.39, 0.29) is 13.2 Å². The van der Waals surface area contributed by atoms with Crippen LogP contribution in [0.15, 0.2) is 24.3 Å². The second-order valence-corrected chi connectivity index (χ2v) is 2.71. The van der Waals surface area contributed by atoms with Crippen LogP contribution in [0.1, 0.15) is 13.8 Å². The number of hydrogen-bond donors (Lipinski definition) is 1. The summed E-state index contributed by atoms with van der Waals surface area (Å²) < 4.78 is 9.21. The zero-order valence-electron chi connectivity index (χ0n) is 9.38. The third-order valence-corrected chi connectivity index (χ3v) is 1.43. The first-order valence-corrected chi connectivity index (χ1v) is 4.98. The second-order valence-electron chi connectivity index (χ2n) is 2.71.